The van der Waals surface area contributed by atoms with Gasteiger partial charge in [-0.1, -0.05) is 69.0 Å². The molecule has 1 heterocycles. The van der Waals surface area contributed by atoms with Gasteiger partial charge < -0.3 is 9.73 Å². The van der Waals surface area contributed by atoms with E-state index in [4.69, 9.17) is 27.6 Å². The van der Waals surface area contributed by atoms with Crippen LogP contribution in [0.2, 0.25) is 10.0 Å². The lowest BCUT2D eigenvalue weighted by atomic mass is 10.2. The first-order valence-corrected chi connectivity index (χ1v) is 14.8. The van der Waals surface area contributed by atoms with Crippen LogP contribution in [-0.4, -0.2) is 18.6 Å². The van der Waals surface area contributed by atoms with Crippen molar-refractivity contribution < 1.29 is 17.6 Å². The van der Waals surface area contributed by atoms with Crippen LogP contribution in [0.3, 0.4) is 0 Å². The van der Waals surface area contributed by atoms with Crippen molar-refractivity contribution in [1.82, 2.24) is 4.31 Å². The van der Waals surface area contributed by atoms with Crippen molar-refractivity contribution in [3.63, 3.8) is 0 Å². The van der Waals surface area contributed by atoms with Crippen LogP contribution < -0.4 is 5.32 Å². The van der Waals surface area contributed by atoms with Crippen LogP contribution >= 0.6 is 39.1 Å². The number of amides is 1. The highest BCUT2D eigenvalue weighted by Gasteiger charge is 2.27. The molecule has 11 heteroatoms. The molecule has 0 radical (unpaired) electrons. The summed E-state index contributed by atoms with van der Waals surface area (Å²) in [6.45, 7) is 1.69. The van der Waals surface area contributed by atoms with Crippen LogP contribution in [-0.2, 0) is 27.9 Å². The number of hydrogen-bond acceptors (Lipinski definition) is 5. The van der Waals surface area contributed by atoms with E-state index in [1.165, 1.54) is 10.4 Å². The van der Waals surface area contributed by atoms with Crippen LogP contribution in [0.25, 0.3) is 6.08 Å². The number of carbonyl (C=O) groups excluding carboxylic acids is 1. The second-order valence-electron chi connectivity index (χ2n) is 8.76. The molecule has 0 saturated heterocycles. The molecular weight excluding hydrogens is 637 g/mol. The predicted octanol–water partition coefficient (Wildman–Crippen LogP) is 7.59. The summed E-state index contributed by atoms with van der Waals surface area (Å²) >= 11 is 15.7. The smallest absolute Gasteiger partial charge is 0.266 e. The summed E-state index contributed by atoms with van der Waals surface area (Å²) in [6, 6.07) is 23.4. The van der Waals surface area contributed by atoms with Gasteiger partial charge in [0, 0.05) is 32.8 Å². The Bertz CT molecular complexity index is 1730. The van der Waals surface area contributed by atoms with Crippen molar-refractivity contribution in [2.45, 2.75) is 24.9 Å². The Hall–Kier alpha value is -3.39. The summed E-state index contributed by atoms with van der Waals surface area (Å²) in [4.78, 5) is 12.8. The minimum Gasteiger partial charge on any atom is -0.460 e. The summed E-state index contributed by atoms with van der Waals surface area (Å²) in [5.41, 5.74) is 1.81. The first kappa shape index (κ1) is 29.6. The fourth-order valence-electron chi connectivity index (χ4n) is 3.71. The van der Waals surface area contributed by atoms with E-state index in [9.17, 15) is 18.5 Å². The number of nitrogens with one attached hydrogen (secondary N) is 1. The maximum Gasteiger partial charge on any atom is 0.266 e. The van der Waals surface area contributed by atoms with Crippen molar-refractivity contribution in [1.29, 1.82) is 5.26 Å². The molecule has 4 aromatic rings. The van der Waals surface area contributed by atoms with Gasteiger partial charge in [-0.3, -0.25) is 4.79 Å². The van der Waals surface area contributed by atoms with E-state index < -0.39 is 15.9 Å². The van der Waals surface area contributed by atoms with E-state index in [1.54, 1.807) is 72.8 Å². The molecular formula is C29H22BrCl2N3O4S. The van der Waals surface area contributed by atoms with Crippen LogP contribution in [0, 0.1) is 18.3 Å². The fraction of sp³-hybridized carbons (Fsp3) is 0.103. The molecule has 0 aliphatic rings. The summed E-state index contributed by atoms with van der Waals surface area (Å²) in [6.07, 6.45) is 1.30. The van der Waals surface area contributed by atoms with Crippen LogP contribution in [0.1, 0.15) is 22.6 Å². The first-order valence-electron chi connectivity index (χ1n) is 11.8. The number of rotatable bonds is 9. The average Bonchev–Trinajstić information content (AvgIpc) is 3.35. The molecule has 204 valence electrons. The molecule has 0 spiro atoms. The Kier molecular flexibility index (Phi) is 9.51. The van der Waals surface area contributed by atoms with Gasteiger partial charge in [-0.25, -0.2) is 8.42 Å². The third kappa shape index (κ3) is 7.42. The molecule has 0 fully saturated rings. The molecule has 0 atom stereocenters. The zero-order chi connectivity index (χ0) is 28.9. The predicted molar refractivity (Wildman–Crippen MR) is 159 cm³/mol. The number of carbonyl (C=O) groups is 1. The topological polar surface area (TPSA) is 103 Å². The molecule has 4 rings (SSSR count). The van der Waals surface area contributed by atoms with Crippen molar-refractivity contribution in [2.75, 3.05) is 5.32 Å². The highest BCUT2D eigenvalue weighted by Crippen LogP contribution is 2.27. The molecule has 0 aliphatic carbocycles. The molecule has 1 N–H and O–H groups in total. The third-order valence-electron chi connectivity index (χ3n) is 5.77. The zero-order valence-corrected chi connectivity index (χ0v) is 25.0. The van der Waals surface area contributed by atoms with Gasteiger partial charge in [-0.15, -0.1) is 0 Å². The minimum atomic E-state index is -3.97. The zero-order valence-electron chi connectivity index (χ0n) is 21.1. The summed E-state index contributed by atoms with van der Waals surface area (Å²) in [5.74, 6) is -0.0932. The number of aryl methyl sites for hydroxylation is 1. The number of halogens is 3. The van der Waals surface area contributed by atoms with Gasteiger partial charge in [0.1, 0.15) is 23.2 Å². The van der Waals surface area contributed by atoms with Crippen LogP contribution in [0.4, 0.5) is 5.69 Å². The number of nitrogens with zero attached hydrogens (tertiary/aromatic N) is 2. The maximum absolute atomic E-state index is 13.7. The van der Waals surface area contributed by atoms with Gasteiger partial charge in [0.05, 0.1) is 11.4 Å². The second-order valence-corrected chi connectivity index (χ2v) is 12.5. The monoisotopic (exact) mass is 657 g/mol. The Balaban J connectivity index is 1.60. The molecule has 1 amide bonds. The number of nitriles is 1. The van der Waals surface area contributed by atoms with Crippen LogP contribution in [0.15, 0.2) is 98.2 Å². The van der Waals surface area contributed by atoms with Gasteiger partial charge in [-0.05, 0) is 67.1 Å². The number of sulfonamides is 1. The highest BCUT2D eigenvalue weighted by atomic mass is 79.9. The summed E-state index contributed by atoms with van der Waals surface area (Å²) in [5, 5.41) is 13.0. The van der Waals surface area contributed by atoms with Crippen molar-refractivity contribution in [3.8, 4) is 6.07 Å². The van der Waals surface area contributed by atoms with E-state index in [0.717, 1.165) is 10.0 Å². The molecule has 0 bridgehead atoms. The summed E-state index contributed by atoms with van der Waals surface area (Å²) < 4.78 is 35.1. The lowest BCUT2D eigenvalue weighted by molar-refractivity contribution is -0.112. The van der Waals surface area contributed by atoms with Crippen LogP contribution in [0.5, 0.6) is 0 Å². The van der Waals surface area contributed by atoms with Gasteiger partial charge in [-0.2, -0.15) is 9.57 Å². The highest BCUT2D eigenvalue weighted by molar-refractivity contribution is 9.10. The number of anilines is 1. The Morgan fingerprint density at radius 2 is 1.80 bits per heavy atom. The molecule has 40 heavy (non-hydrogen) atoms. The second kappa shape index (κ2) is 12.9. The first-order chi connectivity index (χ1) is 19.0. The van der Waals surface area contributed by atoms with Crippen molar-refractivity contribution in [2.24, 2.45) is 0 Å². The molecule has 0 saturated carbocycles. The largest absolute Gasteiger partial charge is 0.460 e. The van der Waals surface area contributed by atoms with Gasteiger partial charge in [0.25, 0.3) is 5.91 Å². The number of hydrogen-bond donors (Lipinski definition) is 1. The maximum atomic E-state index is 13.7. The Labute approximate surface area is 250 Å². The quantitative estimate of drug-likeness (QED) is 0.147. The van der Waals surface area contributed by atoms with Crippen molar-refractivity contribution >= 4 is 66.8 Å². The Morgan fingerprint density at radius 3 is 2.48 bits per heavy atom. The number of furan rings is 1. The van der Waals surface area contributed by atoms with Crippen molar-refractivity contribution in [3.05, 3.63) is 122 Å². The molecule has 0 unspecified atom stereocenters. The van der Waals surface area contributed by atoms with Gasteiger partial charge in [0.15, 0.2) is 0 Å². The standard InChI is InChI=1S/C29H22BrCl2N3O4S/c1-19-5-11-27(12-6-19)40(37,38)35(17-20-7-8-23(31)15-28(20)32)18-26-10-9-25(39-26)13-21(16-33)29(36)34-24-4-2-3-22(30)14-24/h2-15H,17-18H2,1H3,(H,34,36)/b21-13-. The lowest BCUT2D eigenvalue weighted by Gasteiger charge is -2.22. The molecule has 3 aromatic carbocycles. The third-order valence-corrected chi connectivity index (χ3v) is 8.66. The normalized spacial score (nSPS) is 11.8. The van der Waals surface area contributed by atoms with E-state index in [1.807, 2.05) is 19.1 Å². The van der Waals surface area contributed by atoms with E-state index >= 15 is 0 Å². The van der Waals surface area contributed by atoms with E-state index in [2.05, 4.69) is 21.2 Å². The fourth-order valence-corrected chi connectivity index (χ4v) is 5.96. The molecule has 1 aromatic heterocycles. The minimum absolute atomic E-state index is 0.0451. The SMILES string of the molecule is Cc1ccc(S(=O)(=O)N(Cc2ccc(/C=C(/C#N)C(=O)Nc3cccc(Br)c3)o2)Cc2ccc(Cl)cc2Cl)cc1. The van der Waals surface area contributed by atoms with E-state index in [-0.39, 0.29) is 29.3 Å². The van der Waals surface area contributed by atoms with E-state index in [0.29, 0.717) is 27.1 Å². The Morgan fingerprint density at radius 1 is 1.05 bits per heavy atom. The summed E-state index contributed by atoms with van der Waals surface area (Å²) in [7, 11) is -3.97. The number of benzene rings is 3. The van der Waals surface area contributed by atoms with Gasteiger partial charge in [0.2, 0.25) is 10.0 Å². The molecule has 7 nitrogen and oxygen atoms in total. The molecule has 0 aliphatic heterocycles. The lowest BCUT2D eigenvalue weighted by Crippen LogP contribution is -2.30. The van der Waals surface area contributed by atoms with Gasteiger partial charge >= 0.3 is 0 Å². The average molecular weight is 659 g/mol.